The van der Waals surface area contributed by atoms with Crippen LogP contribution in [0.2, 0.25) is 0 Å². The third kappa shape index (κ3) is 11.1. The van der Waals surface area contributed by atoms with Crippen LogP contribution in [0, 0.1) is 6.92 Å². The van der Waals surface area contributed by atoms with Gasteiger partial charge in [0.15, 0.2) is 5.96 Å². The predicted octanol–water partition coefficient (Wildman–Crippen LogP) is 4.23. The number of halogens is 4. The Bertz CT molecular complexity index is 507. The standard InChI is InChI=1S/C17H26F3N3O.HI/c1-14-6-8-15(9-7-14)24-13-12-23(3)16(21-2)22-11-5-4-10-17(18,19)20;/h6-9H,4-5,10-13H2,1-3H3,(H,21,22);1H. The average Bonchev–Trinajstić information content (AvgIpc) is 2.51. The molecule has 0 radical (unpaired) electrons. The van der Waals surface area contributed by atoms with Crippen molar-refractivity contribution in [3.63, 3.8) is 0 Å². The Kier molecular flexibility index (Phi) is 11.6. The number of alkyl halides is 3. The first-order chi connectivity index (χ1) is 11.3. The average molecular weight is 473 g/mol. The van der Waals surface area contributed by atoms with Crippen molar-refractivity contribution >= 4 is 29.9 Å². The minimum Gasteiger partial charge on any atom is -0.492 e. The zero-order valence-electron chi connectivity index (χ0n) is 14.9. The third-order valence-corrected chi connectivity index (χ3v) is 3.46. The number of nitrogens with zero attached hydrogens (tertiary/aromatic N) is 2. The third-order valence-electron chi connectivity index (χ3n) is 3.46. The Morgan fingerprint density at radius 1 is 1.20 bits per heavy atom. The SMILES string of the molecule is CN=C(NCCCCC(F)(F)F)N(C)CCOc1ccc(C)cc1.I. The van der Waals surface area contributed by atoms with Gasteiger partial charge in [0, 0.05) is 27.1 Å². The smallest absolute Gasteiger partial charge is 0.389 e. The normalized spacial score (nSPS) is 11.7. The second-order valence-electron chi connectivity index (χ2n) is 5.63. The highest BCUT2D eigenvalue weighted by Crippen LogP contribution is 2.21. The minimum atomic E-state index is -4.08. The highest BCUT2D eigenvalue weighted by molar-refractivity contribution is 14.0. The number of benzene rings is 1. The van der Waals surface area contributed by atoms with Gasteiger partial charge in [0.05, 0.1) is 6.54 Å². The fourth-order valence-electron chi connectivity index (χ4n) is 2.08. The lowest BCUT2D eigenvalue weighted by atomic mass is 10.2. The molecule has 1 aromatic carbocycles. The Hall–Kier alpha value is -1.19. The zero-order valence-corrected chi connectivity index (χ0v) is 17.2. The molecule has 0 aliphatic rings. The summed E-state index contributed by atoms with van der Waals surface area (Å²) in [5.41, 5.74) is 1.18. The molecule has 0 aliphatic heterocycles. The van der Waals surface area contributed by atoms with Crippen LogP contribution in [-0.4, -0.2) is 50.8 Å². The van der Waals surface area contributed by atoms with Gasteiger partial charge >= 0.3 is 6.18 Å². The summed E-state index contributed by atoms with van der Waals surface area (Å²) >= 11 is 0. The molecule has 0 atom stereocenters. The fourth-order valence-corrected chi connectivity index (χ4v) is 2.08. The van der Waals surface area contributed by atoms with Gasteiger partial charge in [-0.3, -0.25) is 4.99 Å². The number of hydrogen-bond acceptors (Lipinski definition) is 2. The van der Waals surface area contributed by atoms with Crippen molar-refractivity contribution in [2.75, 3.05) is 33.8 Å². The van der Waals surface area contributed by atoms with Gasteiger partial charge in [0.25, 0.3) is 0 Å². The number of aliphatic imine (C=N–C) groups is 1. The summed E-state index contributed by atoms with van der Waals surface area (Å²) < 4.78 is 41.9. The number of rotatable bonds is 8. The van der Waals surface area contributed by atoms with Gasteiger partial charge in [-0.2, -0.15) is 13.2 Å². The van der Waals surface area contributed by atoms with Crippen LogP contribution in [0.25, 0.3) is 0 Å². The maximum absolute atomic E-state index is 12.1. The van der Waals surface area contributed by atoms with E-state index < -0.39 is 12.6 Å². The van der Waals surface area contributed by atoms with Crippen molar-refractivity contribution in [3.8, 4) is 5.75 Å². The number of hydrogen-bond donors (Lipinski definition) is 1. The van der Waals surface area contributed by atoms with Gasteiger partial charge in [-0.15, -0.1) is 24.0 Å². The monoisotopic (exact) mass is 473 g/mol. The topological polar surface area (TPSA) is 36.9 Å². The van der Waals surface area contributed by atoms with Crippen molar-refractivity contribution in [3.05, 3.63) is 29.8 Å². The molecule has 0 aliphatic carbocycles. The number of nitrogens with one attached hydrogen (secondary N) is 1. The van der Waals surface area contributed by atoms with E-state index in [0.717, 1.165) is 5.75 Å². The van der Waals surface area contributed by atoms with Crippen molar-refractivity contribution in [2.45, 2.75) is 32.4 Å². The molecule has 4 nitrogen and oxygen atoms in total. The number of guanidine groups is 1. The quantitative estimate of drug-likeness (QED) is 0.266. The van der Waals surface area contributed by atoms with E-state index >= 15 is 0 Å². The van der Waals surface area contributed by atoms with Gasteiger partial charge in [-0.05, 0) is 31.9 Å². The molecule has 1 rings (SSSR count). The molecule has 144 valence electrons. The molecule has 1 N–H and O–H groups in total. The van der Waals surface area contributed by atoms with Crippen LogP contribution in [0.3, 0.4) is 0 Å². The molecule has 0 aromatic heterocycles. The van der Waals surface area contributed by atoms with E-state index in [1.807, 2.05) is 43.1 Å². The lowest BCUT2D eigenvalue weighted by molar-refractivity contribution is -0.135. The molecule has 1 aromatic rings. The maximum atomic E-state index is 12.1. The second kappa shape index (κ2) is 12.2. The highest BCUT2D eigenvalue weighted by Gasteiger charge is 2.25. The van der Waals surface area contributed by atoms with Crippen LogP contribution < -0.4 is 10.1 Å². The Labute approximate surface area is 164 Å². The van der Waals surface area contributed by atoms with E-state index in [0.29, 0.717) is 32.1 Å². The Morgan fingerprint density at radius 2 is 1.84 bits per heavy atom. The summed E-state index contributed by atoms with van der Waals surface area (Å²) in [7, 11) is 3.51. The van der Waals surface area contributed by atoms with Crippen molar-refractivity contribution in [1.82, 2.24) is 10.2 Å². The van der Waals surface area contributed by atoms with Gasteiger partial charge in [-0.1, -0.05) is 17.7 Å². The first-order valence-corrected chi connectivity index (χ1v) is 8.00. The molecule has 0 heterocycles. The van der Waals surface area contributed by atoms with E-state index in [2.05, 4.69) is 10.3 Å². The van der Waals surface area contributed by atoms with Gasteiger partial charge in [-0.25, -0.2) is 0 Å². The molecule has 0 saturated carbocycles. The van der Waals surface area contributed by atoms with Gasteiger partial charge in [0.2, 0.25) is 0 Å². The van der Waals surface area contributed by atoms with Crippen molar-refractivity contribution < 1.29 is 17.9 Å². The maximum Gasteiger partial charge on any atom is 0.389 e. The highest BCUT2D eigenvalue weighted by atomic mass is 127. The van der Waals surface area contributed by atoms with Crippen LogP contribution in [0.1, 0.15) is 24.8 Å². The lowest BCUT2D eigenvalue weighted by Crippen LogP contribution is -2.41. The fraction of sp³-hybridized carbons (Fsp3) is 0.588. The van der Waals surface area contributed by atoms with Crippen molar-refractivity contribution in [2.24, 2.45) is 4.99 Å². The molecule has 0 spiro atoms. The number of aryl methyl sites for hydroxylation is 1. The summed E-state index contributed by atoms with van der Waals surface area (Å²) in [6.07, 6.45) is -4.25. The van der Waals surface area contributed by atoms with E-state index in [4.69, 9.17) is 4.74 Å². The number of likely N-dealkylation sites (N-methyl/N-ethyl adjacent to an activating group) is 1. The first kappa shape index (κ1) is 23.8. The Balaban J connectivity index is 0.00000576. The van der Waals surface area contributed by atoms with E-state index in [-0.39, 0.29) is 30.4 Å². The number of unbranched alkanes of at least 4 members (excludes halogenated alkanes) is 1. The molecule has 0 fully saturated rings. The van der Waals surface area contributed by atoms with Crippen LogP contribution >= 0.6 is 24.0 Å². The molecule has 0 bridgehead atoms. The molecule has 25 heavy (non-hydrogen) atoms. The lowest BCUT2D eigenvalue weighted by Gasteiger charge is -2.22. The van der Waals surface area contributed by atoms with Gasteiger partial charge < -0.3 is 15.0 Å². The number of ether oxygens (including phenoxy) is 1. The van der Waals surface area contributed by atoms with E-state index in [9.17, 15) is 13.2 Å². The Morgan fingerprint density at radius 3 is 2.40 bits per heavy atom. The molecule has 8 heteroatoms. The van der Waals surface area contributed by atoms with Crippen LogP contribution in [-0.2, 0) is 0 Å². The van der Waals surface area contributed by atoms with E-state index in [1.54, 1.807) is 7.05 Å². The minimum absolute atomic E-state index is 0. The summed E-state index contributed by atoms with van der Waals surface area (Å²) in [6.45, 7) is 3.60. The molecular weight excluding hydrogens is 446 g/mol. The van der Waals surface area contributed by atoms with Crippen LogP contribution in [0.5, 0.6) is 5.75 Å². The summed E-state index contributed by atoms with van der Waals surface area (Å²) in [4.78, 5) is 6.01. The zero-order chi connectivity index (χ0) is 18.0. The largest absolute Gasteiger partial charge is 0.492 e. The van der Waals surface area contributed by atoms with Crippen molar-refractivity contribution in [1.29, 1.82) is 0 Å². The summed E-state index contributed by atoms with van der Waals surface area (Å²) in [6, 6.07) is 7.81. The predicted molar refractivity (Wildman–Crippen MR) is 106 cm³/mol. The molecule has 0 unspecified atom stereocenters. The van der Waals surface area contributed by atoms with E-state index in [1.165, 1.54) is 5.56 Å². The summed E-state index contributed by atoms with van der Waals surface area (Å²) in [5, 5.41) is 3.06. The summed E-state index contributed by atoms with van der Waals surface area (Å²) in [5.74, 6) is 1.46. The van der Waals surface area contributed by atoms with Gasteiger partial charge in [0.1, 0.15) is 12.4 Å². The molecule has 0 amide bonds. The van der Waals surface area contributed by atoms with Crippen LogP contribution in [0.15, 0.2) is 29.3 Å². The van der Waals surface area contributed by atoms with Crippen LogP contribution in [0.4, 0.5) is 13.2 Å². The molecule has 0 saturated heterocycles. The first-order valence-electron chi connectivity index (χ1n) is 8.00. The second-order valence-corrected chi connectivity index (χ2v) is 5.63. The molecular formula is C17H27F3IN3O.